The molecule has 2 aromatic heterocycles. The topological polar surface area (TPSA) is 81.0 Å². The summed E-state index contributed by atoms with van der Waals surface area (Å²) in [7, 11) is -2.88. The average Bonchev–Trinajstić information content (AvgIpc) is 2.86. The lowest BCUT2D eigenvalue weighted by molar-refractivity contribution is 0.586. The Bertz CT molecular complexity index is 694. The van der Waals surface area contributed by atoms with E-state index in [2.05, 4.69) is 15.3 Å². The van der Waals surface area contributed by atoms with Crippen LogP contribution in [0.3, 0.4) is 0 Å². The van der Waals surface area contributed by atoms with Crippen molar-refractivity contribution in [3.8, 4) is 5.82 Å². The molecule has 0 bridgehead atoms. The second-order valence-corrected chi connectivity index (χ2v) is 7.09. The first-order valence-corrected chi connectivity index (χ1v) is 8.17. The zero-order valence-corrected chi connectivity index (χ0v) is 11.9. The molecule has 20 heavy (non-hydrogen) atoms. The van der Waals surface area contributed by atoms with Gasteiger partial charge in [0.1, 0.15) is 0 Å². The Hall–Kier alpha value is -1.96. The summed E-state index contributed by atoms with van der Waals surface area (Å²) in [6, 6.07) is 5.57. The molecular formula is C12H15N5O2S. The highest BCUT2D eigenvalue weighted by atomic mass is 32.2. The number of aromatic nitrogens is 4. The summed E-state index contributed by atoms with van der Waals surface area (Å²) >= 11 is 0. The van der Waals surface area contributed by atoms with Crippen molar-refractivity contribution in [3.63, 3.8) is 0 Å². The summed E-state index contributed by atoms with van der Waals surface area (Å²) in [4.78, 5) is 1.94. The first-order chi connectivity index (χ1) is 9.53. The maximum atomic E-state index is 11.4. The quantitative estimate of drug-likeness (QED) is 0.787. The van der Waals surface area contributed by atoms with E-state index in [4.69, 9.17) is 0 Å². The third-order valence-electron chi connectivity index (χ3n) is 3.26. The first-order valence-electron chi connectivity index (χ1n) is 6.35. The van der Waals surface area contributed by atoms with Crippen LogP contribution in [0.25, 0.3) is 5.82 Å². The van der Waals surface area contributed by atoms with Crippen LogP contribution >= 0.6 is 0 Å². The average molecular weight is 293 g/mol. The summed E-state index contributed by atoms with van der Waals surface area (Å²) in [6.45, 7) is 2.85. The van der Waals surface area contributed by atoms with E-state index < -0.39 is 9.84 Å². The minimum Gasteiger partial charge on any atom is -0.353 e. The van der Waals surface area contributed by atoms with Crippen LogP contribution in [-0.2, 0) is 9.84 Å². The third-order valence-corrected chi connectivity index (χ3v) is 4.87. The number of sulfone groups is 1. The Morgan fingerprint density at radius 1 is 1.05 bits per heavy atom. The van der Waals surface area contributed by atoms with Gasteiger partial charge in [-0.1, -0.05) is 0 Å². The van der Waals surface area contributed by atoms with Crippen molar-refractivity contribution < 1.29 is 8.42 Å². The predicted molar refractivity (Wildman–Crippen MR) is 74.8 cm³/mol. The largest absolute Gasteiger partial charge is 0.353 e. The normalized spacial score (nSPS) is 18.1. The zero-order chi connectivity index (χ0) is 14.2. The fourth-order valence-corrected chi connectivity index (χ4v) is 3.29. The second-order valence-electron chi connectivity index (χ2n) is 4.79. The van der Waals surface area contributed by atoms with Gasteiger partial charge in [0.25, 0.3) is 0 Å². The van der Waals surface area contributed by atoms with Crippen LogP contribution in [0, 0.1) is 6.92 Å². The summed E-state index contributed by atoms with van der Waals surface area (Å²) in [5.41, 5.74) is 0.914. The second kappa shape index (κ2) is 4.86. The van der Waals surface area contributed by atoms with Crippen molar-refractivity contribution >= 4 is 15.7 Å². The Morgan fingerprint density at radius 2 is 1.70 bits per heavy atom. The van der Waals surface area contributed by atoms with E-state index in [1.807, 2.05) is 36.2 Å². The van der Waals surface area contributed by atoms with Gasteiger partial charge in [0.05, 0.1) is 17.2 Å². The van der Waals surface area contributed by atoms with Crippen molar-refractivity contribution in [1.29, 1.82) is 0 Å². The van der Waals surface area contributed by atoms with Crippen LogP contribution in [0.2, 0.25) is 0 Å². The van der Waals surface area contributed by atoms with Gasteiger partial charge in [-0.3, -0.25) is 0 Å². The number of hydrogen-bond acceptors (Lipinski definition) is 6. The fraction of sp³-hybridized carbons (Fsp3) is 0.417. The third kappa shape index (κ3) is 2.64. The first kappa shape index (κ1) is 13.0. The highest BCUT2D eigenvalue weighted by molar-refractivity contribution is 7.91. The van der Waals surface area contributed by atoms with E-state index in [1.165, 1.54) is 0 Å². The minimum absolute atomic E-state index is 0.175. The van der Waals surface area contributed by atoms with Crippen LogP contribution in [-0.4, -0.2) is 53.0 Å². The van der Waals surface area contributed by atoms with E-state index in [-0.39, 0.29) is 11.5 Å². The molecule has 106 valence electrons. The lowest BCUT2D eigenvalue weighted by Gasteiger charge is -2.27. The van der Waals surface area contributed by atoms with Gasteiger partial charge in [-0.25, -0.2) is 13.1 Å². The molecule has 0 atom stereocenters. The van der Waals surface area contributed by atoms with Crippen LogP contribution in [0.1, 0.15) is 5.69 Å². The Kier molecular flexibility index (Phi) is 3.17. The van der Waals surface area contributed by atoms with Crippen molar-refractivity contribution in [2.24, 2.45) is 0 Å². The lowest BCUT2D eigenvalue weighted by atomic mass is 10.4. The number of aryl methyl sites for hydroxylation is 1. The van der Waals surface area contributed by atoms with Crippen LogP contribution in [0.4, 0.5) is 5.82 Å². The van der Waals surface area contributed by atoms with E-state index in [9.17, 15) is 8.42 Å². The molecule has 0 unspecified atom stereocenters. The number of anilines is 1. The zero-order valence-electron chi connectivity index (χ0n) is 11.1. The molecule has 1 aliphatic heterocycles. The van der Waals surface area contributed by atoms with Gasteiger partial charge >= 0.3 is 0 Å². The van der Waals surface area contributed by atoms with Gasteiger partial charge in [0, 0.05) is 19.3 Å². The van der Waals surface area contributed by atoms with Crippen LogP contribution in [0.5, 0.6) is 0 Å². The maximum absolute atomic E-state index is 11.4. The molecule has 3 rings (SSSR count). The molecule has 1 aliphatic rings. The molecule has 1 fully saturated rings. The van der Waals surface area contributed by atoms with Crippen LogP contribution < -0.4 is 4.90 Å². The predicted octanol–water partition coefficient (Wildman–Crippen LogP) is 0.206. The number of rotatable bonds is 2. The number of hydrogen-bond donors (Lipinski definition) is 0. The van der Waals surface area contributed by atoms with Crippen molar-refractivity contribution in [3.05, 3.63) is 30.1 Å². The Morgan fingerprint density at radius 3 is 2.25 bits per heavy atom. The number of nitrogens with zero attached hydrogens (tertiary/aromatic N) is 5. The molecule has 0 aromatic carbocycles. The molecule has 0 N–H and O–H groups in total. The van der Waals surface area contributed by atoms with Gasteiger partial charge in [-0.2, -0.15) is 5.10 Å². The van der Waals surface area contributed by atoms with E-state index in [0.29, 0.717) is 24.7 Å². The SMILES string of the molecule is Cc1ccn(-c2ccc(N3CCS(=O)(=O)CC3)nn2)n1. The standard InChI is InChI=1S/C12H15N5O2S/c1-10-4-5-17(15-10)12-3-2-11(13-14-12)16-6-8-20(18,19)9-7-16/h2-5H,6-9H2,1H3. The minimum atomic E-state index is -2.88. The summed E-state index contributed by atoms with van der Waals surface area (Å²) < 4.78 is 24.4. The van der Waals surface area contributed by atoms with Crippen molar-refractivity contribution in [2.45, 2.75) is 6.92 Å². The molecule has 0 saturated carbocycles. The smallest absolute Gasteiger partial charge is 0.175 e. The molecule has 1 saturated heterocycles. The molecule has 0 spiro atoms. The van der Waals surface area contributed by atoms with Gasteiger partial charge in [-0.05, 0) is 25.1 Å². The Labute approximate surface area is 117 Å². The van der Waals surface area contributed by atoms with Gasteiger partial charge in [0.15, 0.2) is 21.5 Å². The monoisotopic (exact) mass is 293 g/mol. The fourth-order valence-electron chi connectivity index (χ4n) is 2.09. The summed E-state index contributed by atoms with van der Waals surface area (Å²) in [5.74, 6) is 1.70. The van der Waals surface area contributed by atoms with Crippen molar-refractivity contribution in [1.82, 2.24) is 20.0 Å². The maximum Gasteiger partial charge on any atom is 0.175 e. The molecule has 0 amide bonds. The van der Waals surface area contributed by atoms with Gasteiger partial charge in [-0.15, -0.1) is 10.2 Å². The highest BCUT2D eigenvalue weighted by Gasteiger charge is 2.22. The lowest BCUT2D eigenvalue weighted by Crippen LogP contribution is -2.40. The molecule has 0 radical (unpaired) electrons. The molecular weight excluding hydrogens is 278 g/mol. The molecule has 8 heteroatoms. The molecule has 0 aliphatic carbocycles. The molecule has 7 nitrogen and oxygen atoms in total. The molecule has 2 aromatic rings. The van der Waals surface area contributed by atoms with E-state index >= 15 is 0 Å². The van der Waals surface area contributed by atoms with E-state index in [0.717, 1.165) is 5.69 Å². The Balaban J connectivity index is 1.77. The van der Waals surface area contributed by atoms with Crippen LogP contribution in [0.15, 0.2) is 24.4 Å². The van der Waals surface area contributed by atoms with Crippen molar-refractivity contribution in [2.75, 3.05) is 29.5 Å². The van der Waals surface area contributed by atoms with E-state index in [1.54, 1.807) is 4.68 Å². The van der Waals surface area contributed by atoms with Gasteiger partial charge in [0.2, 0.25) is 0 Å². The van der Waals surface area contributed by atoms with Gasteiger partial charge < -0.3 is 4.90 Å². The summed E-state index contributed by atoms with van der Waals surface area (Å²) in [5, 5.41) is 12.6. The summed E-state index contributed by atoms with van der Waals surface area (Å²) in [6.07, 6.45) is 1.83. The molecule has 3 heterocycles. The highest BCUT2D eigenvalue weighted by Crippen LogP contribution is 2.14.